The molecule has 6 heteroatoms. The molecule has 2 aliphatic rings. The highest BCUT2D eigenvalue weighted by atomic mass is 16.5. The van der Waals surface area contributed by atoms with Crippen LogP contribution < -0.4 is 4.90 Å². The van der Waals surface area contributed by atoms with E-state index in [-0.39, 0.29) is 17.1 Å². The Morgan fingerprint density at radius 1 is 1.19 bits per heavy atom. The Bertz CT molecular complexity index is 704. The van der Waals surface area contributed by atoms with Crippen LogP contribution in [0.1, 0.15) is 24.8 Å². The fourth-order valence-electron chi connectivity index (χ4n) is 3.94. The van der Waals surface area contributed by atoms with Crippen molar-refractivity contribution in [2.24, 2.45) is 5.41 Å². The van der Waals surface area contributed by atoms with Gasteiger partial charge in [-0.15, -0.1) is 0 Å². The monoisotopic (exact) mass is 372 g/mol. The SMILES string of the molecule is COCC1(C(=O)N2CCN(c3ccccc3/C=C/C(=O)CO)CC2)CCC1. The van der Waals surface area contributed by atoms with Crippen molar-refractivity contribution in [3.63, 3.8) is 0 Å². The number of hydrogen-bond donors (Lipinski definition) is 1. The topological polar surface area (TPSA) is 70.1 Å². The van der Waals surface area contributed by atoms with E-state index in [0.29, 0.717) is 19.7 Å². The van der Waals surface area contributed by atoms with Crippen molar-refractivity contribution >= 4 is 23.5 Å². The summed E-state index contributed by atoms with van der Waals surface area (Å²) in [5.41, 5.74) is 1.68. The van der Waals surface area contributed by atoms with E-state index in [1.807, 2.05) is 29.2 Å². The summed E-state index contributed by atoms with van der Waals surface area (Å²) in [4.78, 5) is 28.6. The summed E-state index contributed by atoms with van der Waals surface area (Å²) in [6, 6.07) is 7.88. The number of benzene rings is 1. The molecule has 27 heavy (non-hydrogen) atoms. The van der Waals surface area contributed by atoms with Gasteiger partial charge in [0.2, 0.25) is 5.91 Å². The van der Waals surface area contributed by atoms with Gasteiger partial charge in [-0.2, -0.15) is 0 Å². The van der Waals surface area contributed by atoms with Crippen LogP contribution in [0.5, 0.6) is 0 Å². The zero-order valence-electron chi connectivity index (χ0n) is 15.9. The van der Waals surface area contributed by atoms with Gasteiger partial charge in [0.25, 0.3) is 0 Å². The highest BCUT2D eigenvalue weighted by molar-refractivity contribution is 5.95. The summed E-state index contributed by atoms with van der Waals surface area (Å²) in [7, 11) is 1.66. The molecule has 0 unspecified atom stereocenters. The summed E-state index contributed by atoms with van der Waals surface area (Å²) in [5, 5.41) is 8.88. The number of methoxy groups -OCH3 is 1. The van der Waals surface area contributed by atoms with Crippen molar-refractivity contribution in [2.45, 2.75) is 19.3 Å². The molecular formula is C21H28N2O4. The minimum absolute atomic E-state index is 0.233. The van der Waals surface area contributed by atoms with E-state index in [1.54, 1.807) is 13.2 Å². The lowest BCUT2D eigenvalue weighted by atomic mass is 9.68. The van der Waals surface area contributed by atoms with E-state index >= 15 is 0 Å². The molecule has 2 fully saturated rings. The number of anilines is 1. The molecule has 146 valence electrons. The molecule has 1 aliphatic carbocycles. The maximum absolute atomic E-state index is 13.0. The maximum Gasteiger partial charge on any atom is 0.231 e. The smallest absolute Gasteiger partial charge is 0.231 e. The van der Waals surface area contributed by atoms with Crippen molar-refractivity contribution in [1.82, 2.24) is 4.90 Å². The Morgan fingerprint density at radius 3 is 2.48 bits per heavy atom. The Labute approximate surface area is 160 Å². The Morgan fingerprint density at radius 2 is 1.89 bits per heavy atom. The summed E-state index contributed by atoms with van der Waals surface area (Å²) < 4.78 is 5.31. The molecule has 3 rings (SSSR count). The van der Waals surface area contributed by atoms with Crippen molar-refractivity contribution in [1.29, 1.82) is 0 Å². The molecule has 0 spiro atoms. The number of ketones is 1. The van der Waals surface area contributed by atoms with Crippen molar-refractivity contribution < 1.29 is 19.4 Å². The molecule has 1 N–H and O–H groups in total. The van der Waals surface area contributed by atoms with Gasteiger partial charge >= 0.3 is 0 Å². The molecule has 1 aromatic rings. The third-order valence-electron chi connectivity index (χ3n) is 5.63. The molecule has 1 amide bonds. The molecule has 1 aromatic carbocycles. The van der Waals surface area contributed by atoms with Crippen molar-refractivity contribution in [2.75, 3.05) is 51.4 Å². The number of hydrogen-bond acceptors (Lipinski definition) is 5. The van der Waals surface area contributed by atoms with Gasteiger partial charge in [0.15, 0.2) is 5.78 Å². The lowest BCUT2D eigenvalue weighted by molar-refractivity contribution is -0.152. The predicted molar refractivity (Wildman–Crippen MR) is 105 cm³/mol. The van der Waals surface area contributed by atoms with Crippen LogP contribution in [-0.2, 0) is 14.3 Å². The van der Waals surface area contributed by atoms with Gasteiger partial charge < -0.3 is 19.6 Å². The average Bonchev–Trinajstić information content (AvgIpc) is 2.68. The number of para-hydroxylation sites is 1. The number of piperazine rings is 1. The normalized spacial score (nSPS) is 19.2. The van der Waals surface area contributed by atoms with Crippen LogP contribution in [0.4, 0.5) is 5.69 Å². The van der Waals surface area contributed by atoms with Crippen LogP contribution in [0.2, 0.25) is 0 Å². The highest BCUT2D eigenvalue weighted by Gasteiger charge is 2.46. The Hall–Kier alpha value is -2.18. The molecule has 6 nitrogen and oxygen atoms in total. The van der Waals surface area contributed by atoms with E-state index in [9.17, 15) is 9.59 Å². The summed E-state index contributed by atoms with van der Waals surface area (Å²) in [6.07, 6.45) is 6.09. The van der Waals surface area contributed by atoms with Gasteiger partial charge in [-0.05, 0) is 36.6 Å². The molecule has 1 heterocycles. The predicted octanol–water partition coefficient (Wildman–Crippen LogP) is 1.73. The first-order valence-electron chi connectivity index (χ1n) is 9.54. The molecule has 1 saturated carbocycles. The third-order valence-corrected chi connectivity index (χ3v) is 5.63. The Kier molecular flexibility index (Phi) is 6.29. The van der Waals surface area contributed by atoms with Crippen LogP contribution >= 0.6 is 0 Å². The average molecular weight is 372 g/mol. The standard InChI is InChI=1S/C21H28N2O4/c1-27-16-21(9-4-10-21)20(26)23-13-11-22(12-14-23)19-6-3-2-5-17(19)7-8-18(25)15-24/h2-3,5-8,24H,4,9-16H2,1H3/b8-7+. The first kappa shape index (κ1) is 19.6. The summed E-state index contributed by atoms with van der Waals surface area (Å²) in [6.45, 7) is 2.93. The molecule has 1 aliphatic heterocycles. The number of aliphatic hydroxyl groups is 1. The van der Waals surface area contributed by atoms with E-state index in [1.165, 1.54) is 6.08 Å². The number of rotatable bonds is 7. The zero-order chi connectivity index (χ0) is 19.3. The van der Waals surface area contributed by atoms with Gasteiger partial charge in [-0.3, -0.25) is 9.59 Å². The van der Waals surface area contributed by atoms with E-state index < -0.39 is 6.61 Å². The lowest BCUT2D eigenvalue weighted by Crippen LogP contribution is -2.56. The fraction of sp³-hybridized carbons (Fsp3) is 0.524. The second kappa shape index (κ2) is 8.67. The first-order chi connectivity index (χ1) is 13.1. The van der Waals surface area contributed by atoms with Crippen LogP contribution in [0.15, 0.2) is 30.3 Å². The van der Waals surface area contributed by atoms with Crippen molar-refractivity contribution in [3.05, 3.63) is 35.9 Å². The quantitative estimate of drug-likeness (QED) is 0.738. The highest BCUT2D eigenvalue weighted by Crippen LogP contribution is 2.43. The van der Waals surface area contributed by atoms with Gasteiger partial charge in [0.05, 0.1) is 12.0 Å². The largest absolute Gasteiger partial charge is 0.388 e. The second-order valence-corrected chi connectivity index (χ2v) is 7.36. The number of carbonyl (C=O) groups excluding carboxylic acids is 2. The fourth-order valence-corrected chi connectivity index (χ4v) is 3.94. The number of carbonyl (C=O) groups is 2. The van der Waals surface area contributed by atoms with E-state index in [0.717, 1.165) is 43.6 Å². The number of ether oxygens (including phenoxy) is 1. The van der Waals surface area contributed by atoms with Crippen LogP contribution in [0, 0.1) is 5.41 Å². The van der Waals surface area contributed by atoms with Crippen LogP contribution in [0.3, 0.4) is 0 Å². The van der Waals surface area contributed by atoms with E-state index in [4.69, 9.17) is 9.84 Å². The van der Waals surface area contributed by atoms with Gasteiger partial charge in [0, 0.05) is 39.0 Å². The van der Waals surface area contributed by atoms with Gasteiger partial charge in [0.1, 0.15) is 6.61 Å². The molecule has 0 aromatic heterocycles. The third kappa shape index (κ3) is 4.22. The minimum Gasteiger partial charge on any atom is -0.388 e. The molecule has 0 radical (unpaired) electrons. The Balaban J connectivity index is 1.65. The summed E-state index contributed by atoms with van der Waals surface area (Å²) >= 11 is 0. The summed E-state index contributed by atoms with van der Waals surface area (Å²) in [5.74, 6) is -0.0823. The van der Waals surface area contributed by atoms with Crippen LogP contribution in [0.25, 0.3) is 6.08 Å². The second-order valence-electron chi connectivity index (χ2n) is 7.36. The van der Waals surface area contributed by atoms with Crippen molar-refractivity contribution in [3.8, 4) is 0 Å². The lowest BCUT2D eigenvalue weighted by Gasteiger charge is -2.45. The van der Waals surface area contributed by atoms with E-state index in [2.05, 4.69) is 4.90 Å². The van der Waals surface area contributed by atoms with Crippen LogP contribution in [-0.4, -0.2) is 68.2 Å². The van der Waals surface area contributed by atoms with Gasteiger partial charge in [-0.25, -0.2) is 0 Å². The number of nitrogens with zero attached hydrogens (tertiary/aromatic N) is 2. The first-order valence-corrected chi connectivity index (χ1v) is 9.54. The molecular weight excluding hydrogens is 344 g/mol. The minimum atomic E-state index is -0.483. The molecule has 1 saturated heterocycles. The number of aliphatic hydroxyl groups excluding tert-OH is 1. The molecule has 0 bridgehead atoms. The zero-order valence-corrected chi connectivity index (χ0v) is 15.9. The van der Waals surface area contributed by atoms with Gasteiger partial charge in [-0.1, -0.05) is 24.6 Å². The number of amides is 1. The molecule has 0 atom stereocenters. The maximum atomic E-state index is 13.0.